The highest BCUT2D eigenvalue weighted by atomic mass is 79.9. The van der Waals surface area contributed by atoms with Crippen molar-refractivity contribution in [2.45, 2.75) is 56.2 Å². The predicted molar refractivity (Wildman–Crippen MR) is 106 cm³/mol. The fraction of sp³-hybridized carbons (Fsp3) is 0.455. The molecule has 2 aromatic rings. The second-order valence-corrected chi connectivity index (χ2v) is 8.56. The van der Waals surface area contributed by atoms with E-state index >= 15 is 0 Å². The molecule has 2 bridgehead atoms. The van der Waals surface area contributed by atoms with Crippen molar-refractivity contribution in [3.05, 3.63) is 70.2 Å². The van der Waals surface area contributed by atoms with E-state index in [1.807, 2.05) is 0 Å². The predicted octanol–water partition coefficient (Wildman–Crippen LogP) is 4.76. The Kier molecular flexibility index (Phi) is 5.25. The maximum atomic E-state index is 10.6. The van der Waals surface area contributed by atoms with E-state index in [1.165, 1.54) is 36.8 Å². The van der Waals surface area contributed by atoms with Crippen LogP contribution in [0, 0.1) is 0 Å². The van der Waals surface area contributed by atoms with E-state index in [9.17, 15) is 5.11 Å². The van der Waals surface area contributed by atoms with Crippen LogP contribution < -0.4 is 0 Å². The lowest BCUT2D eigenvalue weighted by Crippen LogP contribution is -2.46. The van der Waals surface area contributed by atoms with Crippen molar-refractivity contribution in [2.75, 3.05) is 6.54 Å². The monoisotopic (exact) mass is 399 g/mol. The molecule has 0 spiro atoms. The molecule has 4 rings (SSSR count). The van der Waals surface area contributed by atoms with Crippen LogP contribution in [0.3, 0.4) is 0 Å². The average Bonchev–Trinajstić information content (AvgIpc) is 2.86. The second-order valence-electron chi connectivity index (χ2n) is 7.65. The van der Waals surface area contributed by atoms with Crippen LogP contribution in [0.2, 0.25) is 0 Å². The highest BCUT2D eigenvalue weighted by molar-refractivity contribution is 9.10. The standard InChI is InChI=1S/C22H26BrNO/c23-19-8-6-16(7-9-19)12-22(25)15-24-20-10-11-21(24)14-18(13-20)17-4-2-1-3-5-17/h1-9,18,20-22,25H,10-15H2/t18?,20-,21+,22?. The lowest BCUT2D eigenvalue weighted by atomic mass is 9.85. The third kappa shape index (κ3) is 3.99. The summed E-state index contributed by atoms with van der Waals surface area (Å²) < 4.78 is 1.09. The van der Waals surface area contributed by atoms with Gasteiger partial charge in [-0.2, -0.15) is 0 Å². The molecular weight excluding hydrogens is 374 g/mol. The van der Waals surface area contributed by atoms with Gasteiger partial charge in [0.1, 0.15) is 0 Å². The van der Waals surface area contributed by atoms with Gasteiger partial charge in [0.25, 0.3) is 0 Å². The summed E-state index contributed by atoms with van der Waals surface area (Å²) >= 11 is 3.47. The minimum Gasteiger partial charge on any atom is -0.391 e. The number of benzene rings is 2. The summed E-state index contributed by atoms with van der Waals surface area (Å²) in [5.74, 6) is 0.693. The molecule has 0 saturated carbocycles. The molecule has 4 atom stereocenters. The molecule has 0 radical (unpaired) electrons. The van der Waals surface area contributed by atoms with Crippen molar-refractivity contribution in [2.24, 2.45) is 0 Å². The smallest absolute Gasteiger partial charge is 0.0707 e. The number of nitrogens with zero attached hydrogens (tertiary/aromatic N) is 1. The van der Waals surface area contributed by atoms with Crippen LogP contribution in [0.4, 0.5) is 0 Å². The van der Waals surface area contributed by atoms with Crippen molar-refractivity contribution in [3.8, 4) is 0 Å². The van der Waals surface area contributed by atoms with Gasteiger partial charge in [-0.3, -0.25) is 4.90 Å². The van der Waals surface area contributed by atoms with Crippen molar-refractivity contribution in [3.63, 3.8) is 0 Å². The average molecular weight is 400 g/mol. The summed E-state index contributed by atoms with van der Waals surface area (Å²) in [6, 6.07) is 20.6. The van der Waals surface area contributed by atoms with Crippen molar-refractivity contribution < 1.29 is 5.11 Å². The SMILES string of the molecule is OC(Cc1ccc(Br)cc1)CN1[C@@H]2CC[C@H]1CC(c1ccccc1)C2. The molecule has 25 heavy (non-hydrogen) atoms. The molecule has 2 heterocycles. The molecule has 1 N–H and O–H groups in total. The summed E-state index contributed by atoms with van der Waals surface area (Å²) in [5.41, 5.74) is 2.71. The van der Waals surface area contributed by atoms with Crippen LogP contribution in [0.25, 0.3) is 0 Å². The lowest BCUT2D eigenvalue weighted by molar-refractivity contribution is 0.0564. The molecule has 2 aromatic carbocycles. The van der Waals surface area contributed by atoms with Gasteiger partial charge in [0.05, 0.1) is 6.10 Å². The number of hydrogen-bond donors (Lipinski definition) is 1. The Labute approximate surface area is 159 Å². The van der Waals surface area contributed by atoms with E-state index < -0.39 is 0 Å². The van der Waals surface area contributed by atoms with E-state index in [2.05, 4.69) is 75.4 Å². The molecule has 132 valence electrons. The van der Waals surface area contributed by atoms with E-state index in [0.29, 0.717) is 18.0 Å². The van der Waals surface area contributed by atoms with Crippen LogP contribution in [-0.2, 0) is 6.42 Å². The van der Waals surface area contributed by atoms with Crippen molar-refractivity contribution in [1.82, 2.24) is 4.90 Å². The molecule has 0 amide bonds. The lowest BCUT2D eigenvalue weighted by Gasteiger charge is -2.40. The van der Waals surface area contributed by atoms with Crippen LogP contribution >= 0.6 is 15.9 Å². The number of hydrogen-bond acceptors (Lipinski definition) is 2. The Hall–Kier alpha value is -1.16. The molecule has 2 nitrogen and oxygen atoms in total. The van der Waals surface area contributed by atoms with Crippen molar-refractivity contribution >= 4 is 15.9 Å². The Morgan fingerprint density at radius 1 is 0.960 bits per heavy atom. The van der Waals surface area contributed by atoms with Gasteiger partial charge in [0, 0.05) is 23.1 Å². The molecule has 2 aliphatic heterocycles. The summed E-state index contributed by atoms with van der Waals surface area (Å²) in [6.45, 7) is 0.812. The quantitative estimate of drug-likeness (QED) is 0.782. The third-order valence-electron chi connectivity index (χ3n) is 5.96. The number of fused-ring (bicyclic) bond motifs is 2. The first kappa shape index (κ1) is 17.3. The molecule has 2 fully saturated rings. The first-order valence-corrected chi connectivity index (χ1v) is 10.2. The molecule has 2 unspecified atom stereocenters. The Bertz CT molecular complexity index is 673. The zero-order valence-electron chi connectivity index (χ0n) is 14.5. The highest BCUT2D eigenvalue weighted by Gasteiger charge is 2.41. The largest absolute Gasteiger partial charge is 0.391 e. The minimum atomic E-state index is -0.280. The van der Waals surface area contributed by atoms with Gasteiger partial charge >= 0.3 is 0 Å². The molecule has 2 aliphatic rings. The highest BCUT2D eigenvalue weighted by Crippen LogP contribution is 2.43. The molecular formula is C22H26BrNO. The van der Waals surface area contributed by atoms with Crippen LogP contribution in [0.5, 0.6) is 0 Å². The zero-order valence-corrected chi connectivity index (χ0v) is 16.1. The van der Waals surface area contributed by atoms with Gasteiger partial charge in [-0.15, -0.1) is 0 Å². The van der Waals surface area contributed by atoms with Gasteiger partial charge in [-0.05, 0) is 61.3 Å². The Morgan fingerprint density at radius 3 is 2.24 bits per heavy atom. The number of aliphatic hydroxyl groups excluding tert-OH is 1. The second kappa shape index (κ2) is 7.61. The number of halogens is 1. The first-order valence-electron chi connectivity index (χ1n) is 9.42. The van der Waals surface area contributed by atoms with Crippen LogP contribution in [-0.4, -0.2) is 34.7 Å². The molecule has 3 heteroatoms. The Morgan fingerprint density at radius 2 is 1.60 bits per heavy atom. The number of piperidine rings is 1. The minimum absolute atomic E-state index is 0.280. The summed E-state index contributed by atoms with van der Waals surface area (Å²) in [4.78, 5) is 2.60. The van der Waals surface area contributed by atoms with E-state index in [-0.39, 0.29) is 6.10 Å². The topological polar surface area (TPSA) is 23.5 Å². The Balaban J connectivity index is 1.37. The normalized spacial score (nSPS) is 27.4. The summed E-state index contributed by atoms with van der Waals surface area (Å²) in [6.07, 6.45) is 5.53. The van der Waals surface area contributed by atoms with Gasteiger partial charge < -0.3 is 5.11 Å². The maximum Gasteiger partial charge on any atom is 0.0707 e. The van der Waals surface area contributed by atoms with Gasteiger partial charge in [-0.1, -0.05) is 58.4 Å². The van der Waals surface area contributed by atoms with Crippen LogP contribution in [0.1, 0.15) is 42.7 Å². The first-order chi connectivity index (χ1) is 12.2. The van der Waals surface area contributed by atoms with Crippen LogP contribution in [0.15, 0.2) is 59.1 Å². The maximum absolute atomic E-state index is 10.6. The van der Waals surface area contributed by atoms with Gasteiger partial charge in [-0.25, -0.2) is 0 Å². The molecule has 0 aromatic heterocycles. The van der Waals surface area contributed by atoms with E-state index in [4.69, 9.17) is 0 Å². The number of rotatable bonds is 5. The van der Waals surface area contributed by atoms with E-state index in [0.717, 1.165) is 17.4 Å². The zero-order chi connectivity index (χ0) is 17.2. The molecule has 0 aliphatic carbocycles. The molecule has 2 saturated heterocycles. The summed E-state index contributed by atoms with van der Waals surface area (Å²) in [5, 5.41) is 10.6. The van der Waals surface area contributed by atoms with Gasteiger partial charge in [0.2, 0.25) is 0 Å². The van der Waals surface area contributed by atoms with Crippen molar-refractivity contribution in [1.29, 1.82) is 0 Å². The van der Waals surface area contributed by atoms with E-state index in [1.54, 1.807) is 0 Å². The summed E-state index contributed by atoms with van der Waals surface area (Å²) in [7, 11) is 0. The fourth-order valence-electron chi connectivity index (χ4n) is 4.77. The van der Waals surface area contributed by atoms with Gasteiger partial charge in [0.15, 0.2) is 0 Å². The number of aliphatic hydroxyl groups is 1. The third-order valence-corrected chi connectivity index (χ3v) is 6.49. The fourth-order valence-corrected chi connectivity index (χ4v) is 5.03.